The van der Waals surface area contributed by atoms with Crippen LogP contribution in [0.4, 0.5) is 0 Å². The van der Waals surface area contributed by atoms with Crippen molar-refractivity contribution in [2.45, 2.75) is 124 Å². The van der Waals surface area contributed by atoms with Gasteiger partial charge in [0.2, 0.25) is 0 Å². The Morgan fingerprint density at radius 2 is 1.13 bits per heavy atom. The van der Waals surface area contributed by atoms with Gasteiger partial charge in [-0.25, -0.2) is 0 Å². The van der Waals surface area contributed by atoms with Crippen LogP contribution in [0.2, 0.25) is 0 Å². The minimum Gasteiger partial charge on any atom is -0.497 e. The molecular weight excluding hydrogens is 624 g/mol. The average molecular weight is 680 g/mol. The van der Waals surface area contributed by atoms with Crippen LogP contribution in [0.3, 0.4) is 0 Å². The summed E-state index contributed by atoms with van der Waals surface area (Å²) < 4.78 is 66.2. The fourth-order valence-corrected chi connectivity index (χ4v) is 11.8. The molecule has 0 unspecified atom stereocenters. The van der Waals surface area contributed by atoms with E-state index in [1.54, 1.807) is 69.6 Å². The van der Waals surface area contributed by atoms with Crippen LogP contribution in [0.25, 0.3) is 22.2 Å². The Kier molecular flexibility index (Phi) is 14.0. The lowest BCUT2D eigenvalue weighted by Crippen LogP contribution is -2.23. The van der Waals surface area contributed by atoms with Crippen LogP contribution in [0.15, 0.2) is 42.5 Å². The van der Waals surface area contributed by atoms with Crippen LogP contribution in [0.1, 0.15) is 86.6 Å². The average Bonchev–Trinajstić information content (AvgIpc) is 3.23. The first-order valence-electron chi connectivity index (χ1n) is 16.4. The van der Waals surface area contributed by atoms with E-state index in [1.807, 2.05) is 18.2 Å². The van der Waals surface area contributed by atoms with Gasteiger partial charge in [-0.15, -0.1) is 0 Å². The molecule has 258 valence electrons. The minimum atomic E-state index is -3.92. The van der Waals surface area contributed by atoms with E-state index in [0.717, 1.165) is 47.7 Å². The van der Waals surface area contributed by atoms with E-state index in [-0.39, 0.29) is 0 Å². The lowest BCUT2D eigenvalue weighted by molar-refractivity contribution is 0.121. The summed E-state index contributed by atoms with van der Waals surface area (Å²) in [6.07, 6.45) is 0.927. The molecule has 0 aliphatic carbocycles. The summed E-state index contributed by atoms with van der Waals surface area (Å²) in [4.78, 5) is 0. The predicted octanol–water partition coefficient (Wildman–Crippen LogP) is 10.6. The highest BCUT2D eigenvalue weighted by molar-refractivity contribution is 7.72. The van der Waals surface area contributed by atoms with Crippen molar-refractivity contribution in [3.8, 4) is 22.8 Å². The van der Waals surface area contributed by atoms with Gasteiger partial charge < -0.3 is 32.1 Å². The Morgan fingerprint density at radius 1 is 0.652 bits per heavy atom. The van der Waals surface area contributed by atoms with E-state index >= 15 is 0 Å². The Hall–Kier alpha value is -2.12. The van der Waals surface area contributed by atoms with Crippen LogP contribution < -0.4 is 9.47 Å². The maximum absolute atomic E-state index is 14.5. The third-order valence-corrected chi connectivity index (χ3v) is 13.9. The maximum atomic E-state index is 14.5. The monoisotopic (exact) mass is 679 g/mol. The van der Waals surface area contributed by atoms with Crippen molar-refractivity contribution in [3.63, 3.8) is 0 Å². The van der Waals surface area contributed by atoms with E-state index in [4.69, 9.17) is 27.6 Å². The molecule has 0 aliphatic heterocycles. The van der Waals surface area contributed by atoms with E-state index in [1.165, 1.54) is 10.9 Å². The van der Waals surface area contributed by atoms with Crippen LogP contribution in [-0.2, 0) is 33.8 Å². The number of hydrogen-bond acceptors (Lipinski definition) is 8. The third-order valence-electron chi connectivity index (χ3n) is 7.39. The van der Waals surface area contributed by atoms with Crippen molar-refractivity contribution in [1.29, 1.82) is 0 Å². The second kappa shape index (κ2) is 16.8. The second-order valence-electron chi connectivity index (χ2n) is 12.8. The fourth-order valence-electron chi connectivity index (χ4n) is 5.75. The number of hydrogen-bond donors (Lipinski definition) is 0. The predicted molar refractivity (Wildman–Crippen MR) is 188 cm³/mol. The Bertz CT molecular complexity index is 1430. The molecule has 3 aromatic rings. The zero-order valence-corrected chi connectivity index (χ0v) is 31.4. The lowest BCUT2D eigenvalue weighted by Gasteiger charge is -2.35. The summed E-state index contributed by atoms with van der Waals surface area (Å²) >= 11 is 0. The highest BCUT2D eigenvalue weighted by Gasteiger charge is 2.52. The fraction of sp³-hybridized carbons (Fsp3) is 0.600. The van der Waals surface area contributed by atoms with Gasteiger partial charge in [-0.1, -0.05) is 12.8 Å². The number of benzene rings is 2. The molecule has 0 aliphatic rings. The zero-order chi connectivity index (χ0) is 34.2. The van der Waals surface area contributed by atoms with Crippen LogP contribution in [-0.4, -0.2) is 48.6 Å². The molecule has 0 fully saturated rings. The summed E-state index contributed by atoms with van der Waals surface area (Å²) in [6.45, 7) is 17.3. The number of unbranched alkanes of at least 4 members (excludes halogenated alkanes) is 2. The summed E-state index contributed by atoms with van der Waals surface area (Å²) in [7, 11) is -4.49. The quantitative estimate of drug-likeness (QED) is 0.0913. The number of aryl methyl sites for hydroxylation is 2. The van der Waals surface area contributed by atoms with Crippen molar-refractivity contribution < 1.29 is 36.7 Å². The number of methoxy groups -OCH3 is 2. The molecular formula is C35H55NO8P2. The number of rotatable bonds is 19. The van der Waals surface area contributed by atoms with E-state index < -0.39 is 45.0 Å². The third kappa shape index (κ3) is 9.71. The van der Waals surface area contributed by atoms with Crippen LogP contribution in [0, 0.1) is 6.92 Å². The summed E-state index contributed by atoms with van der Waals surface area (Å²) in [6, 6.07) is 14.3. The normalized spacial score (nSPS) is 12.9. The first-order chi connectivity index (χ1) is 21.6. The lowest BCUT2D eigenvalue weighted by atomic mass is 10.1. The van der Waals surface area contributed by atoms with Gasteiger partial charge in [-0.2, -0.15) is 0 Å². The molecule has 9 nitrogen and oxygen atoms in total. The maximum Gasteiger partial charge on any atom is 0.346 e. The molecule has 0 spiro atoms. The summed E-state index contributed by atoms with van der Waals surface area (Å²) in [5.41, 5.74) is 4.53. The molecule has 46 heavy (non-hydrogen) atoms. The molecule has 11 heteroatoms. The van der Waals surface area contributed by atoms with Gasteiger partial charge in [0.15, 0.2) is 5.40 Å². The SMILES string of the molecule is COc1ccc(-c2c(C)c3ccc(OC)cc3n2CCCCCC(P(=O)(OC(C)C)OC(C)C)P(=O)(OC(C)C)OC(C)C)cc1. The minimum absolute atomic E-state index is 0.304. The Balaban J connectivity index is 1.92. The Labute approximate surface area is 276 Å². The molecule has 0 radical (unpaired) electrons. The van der Waals surface area contributed by atoms with Gasteiger partial charge in [0.25, 0.3) is 0 Å². The standard InChI is InChI=1S/C35H55NO8P2/c1-24(2)41-45(37,42-25(3)4)34(46(38,43-26(5)6)44-27(7)8)15-13-12-14-22-36-33-23-31(40-11)20-21-32(33)28(9)35(36)29-16-18-30(39-10)19-17-29/h16-21,23-27,34H,12-15,22H2,1-11H3. The van der Waals surface area contributed by atoms with Crippen LogP contribution >= 0.6 is 15.2 Å². The number of aromatic nitrogens is 1. The summed E-state index contributed by atoms with van der Waals surface area (Å²) in [5.74, 6) is 1.60. The molecule has 1 heterocycles. The molecule has 2 aromatic carbocycles. The number of nitrogens with zero attached hydrogens (tertiary/aromatic N) is 1. The molecule has 0 atom stereocenters. The van der Waals surface area contributed by atoms with Gasteiger partial charge in [0.05, 0.1) is 49.8 Å². The van der Waals surface area contributed by atoms with E-state index in [9.17, 15) is 9.13 Å². The van der Waals surface area contributed by atoms with Crippen molar-refractivity contribution in [1.82, 2.24) is 4.57 Å². The van der Waals surface area contributed by atoms with E-state index in [2.05, 4.69) is 35.8 Å². The van der Waals surface area contributed by atoms with Gasteiger partial charge in [-0.3, -0.25) is 9.13 Å². The number of fused-ring (bicyclic) bond motifs is 1. The highest BCUT2D eigenvalue weighted by Crippen LogP contribution is 2.73. The van der Waals surface area contributed by atoms with E-state index in [0.29, 0.717) is 12.8 Å². The van der Waals surface area contributed by atoms with Crippen molar-refractivity contribution >= 4 is 26.1 Å². The molecule has 1 aromatic heterocycles. The second-order valence-corrected chi connectivity index (χ2v) is 17.4. The summed E-state index contributed by atoms with van der Waals surface area (Å²) in [5, 5.41) is 0.116. The smallest absolute Gasteiger partial charge is 0.346 e. The Morgan fingerprint density at radius 3 is 1.59 bits per heavy atom. The molecule has 0 bridgehead atoms. The van der Waals surface area contributed by atoms with Gasteiger partial charge in [-0.05, 0) is 123 Å². The van der Waals surface area contributed by atoms with Crippen molar-refractivity contribution in [2.24, 2.45) is 0 Å². The molecule has 0 N–H and O–H groups in total. The molecule has 0 saturated carbocycles. The van der Waals surface area contributed by atoms with Crippen molar-refractivity contribution in [3.05, 3.63) is 48.0 Å². The zero-order valence-electron chi connectivity index (χ0n) is 29.6. The largest absolute Gasteiger partial charge is 0.497 e. The molecule has 0 amide bonds. The van der Waals surface area contributed by atoms with Crippen molar-refractivity contribution in [2.75, 3.05) is 14.2 Å². The number of ether oxygens (including phenoxy) is 2. The first kappa shape index (κ1) is 38.3. The van der Waals surface area contributed by atoms with Gasteiger partial charge >= 0.3 is 15.2 Å². The topological polar surface area (TPSA) is 94.5 Å². The first-order valence-corrected chi connectivity index (χ1v) is 19.6. The van der Waals surface area contributed by atoms with Gasteiger partial charge in [0, 0.05) is 18.0 Å². The molecule has 3 rings (SSSR count). The highest BCUT2D eigenvalue weighted by atomic mass is 31.2. The van der Waals surface area contributed by atoms with Crippen LogP contribution in [0.5, 0.6) is 11.5 Å². The molecule has 0 saturated heterocycles. The van der Waals surface area contributed by atoms with Gasteiger partial charge in [0.1, 0.15) is 11.5 Å².